The maximum absolute atomic E-state index is 4.77. The van der Waals surface area contributed by atoms with Crippen LogP contribution in [0.4, 0.5) is 5.82 Å². The molecule has 0 bridgehead atoms. The zero-order valence-corrected chi connectivity index (χ0v) is 12.6. The smallest absolute Gasteiger partial charge is 0.128 e. The van der Waals surface area contributed by atoms with Crippen LogP contribution >= 0.6 is 0 Å². The fourth-order valence-electron chi connectivity index (χ4n) is 2.13. The van der Waals surface area contributed by atoms with E-state index < -0.39 is 0 Å². The van der Waals surface area contributed by atoms with Crippen molar-refractivity contribution < 1.29 is 0 Å². The van der Waals surface area contributed by atoms with Crippen molar-refractivity contribution in [1.82, 2.24) is 15.2 Å². The molecule has 1 N–H and O–H groups in total. The van der Waals surface area contributed by atoms with Gasteiger partial charge in [-0.1, -0.05) is 6.07 Å². The average molecular weight is 262 g/mol. The van der Waals surface area contributed by atoms with Crippen LogP contribution in [0, 0.1) is 0 Å². The van der Waals surface area contributed by atoms with E-state index in [0.29, 0.717) is 0 Å². The first-order chi connectivity index (χ1) is 8.94. The molecule has 4 heteroatoms. The molecule has 0 saturated carbocycles. The van der Waals surface area contributed by atoms with Crippen molar-refractivity contribution in [2.24, 2.45) is 0 Å². The third kappa shape index (κ3) is 4.48. The molecule has 1 aliphatic rings. The van der Waals surface area contributed by atoms with E-state index in [1.165, 1.54) is 0 Å². The number of hydrogen-bond donors (Lipinski definition) is 1. The Balaban J connectivity index is 1.99. The summed E-state index contributed by atoms with van der Waals surface area (Å²) in [5.41, 5.74) is 1.25. The van der Waals surface area contributed by atoms with Gasteiger partial charge in [-0.3, -0.25) is 0 Å². The fourth-order valence-corrected chi connectivity index (χ4v) is 2.13. The first kappa shape index (κ1) is 14.3. The van der Waals surface area contributed by atoms with E-state index in [1.54, 1.807) is 0 Å². The van der Waals surface area contributed by atoms with Gasteiger partial charge < -0.3 is 15.1 Å². The molecular weight excluding hydrogens is 236 g/mol. The summed E-state index contributed by atoms with van der Waals surface area (Å²) in [4.78, 5) is 9.51. The van der Waals surface area contributed by atoms with Gasteiger partial charge in [-0.2, -0.15) is 0 Å². The second-order valence-electron chi connectivity index (χ2n) is 6.38. The molecular formula is C15H26N4. The van der Waals surface area contributed by atoms with E-state index in [2.05, 4.69) is 61.1 Å². The first-order valence-corrected chi connectivity index (χ1v) is 7.08. The van der Waals surface area contributed by atoms with Crippen LogP contribution in [-0.4, -0.2) is 48.6 Å². The number of nitrogens with zero attached hydrogens (tertiary/aromatic N) is 3. The number of pyridine rings is 1. The van der Waals surface area contributed by atoms with Crippen LogP contribution in [0.15, 0.2) is 18.2 Å². The van der Waals surface area contributed by atoms with Gasteiger partial charge in [-0.15, -0.1) is 0 Å². The van der Waals surface area contributed by atoms with Gasteiger partial charge in [0.2, 0.25) is 0 Å². The second kappa shape index (κ2) is 5.88. The molecule has 4 nitrogen and oxygen atoms in total. The molecule has 1 aliphatic heterocycles. The fraction of sp³-hybridized carbons (Fsp3) is 0.667. The molecule has 0 amide bonds. The third-order valence-corrected chi connectivity index (χ3v) is 3.42. The maximum Gasteiger partial charge on any atom is 0.128 e. The number of rotatable bonds is 3. The topological polar surface area (TPSA) is 31.4 Å². The second-order valence-corrected chi connectivity index (χ2v) is 6.38. The van der Waals surface area contributed by atoms with Crippen LogP contribution in [0.3, 0.4) is 0 Å². The highest BCUT2D eigenvalue weighted by Crippen LogP contribution is 2.14. The molecule has 0 aromatic carbocycles. The van der Waals surface area contributed by atoms with Gasteiger partial charge >= 0.3 is 0 Å². The van der Waals surface area contributed by atoms with Crippen LogP contribution < -0.4 is 10.2 Å². The monoisotopic (exact) mass is 262 g/mol. The first-order valence-electron chi connectivity index (χ1n) is 7.08. The largest absolute Gasteiger partial charge is 0.354 e. The van der Waals surface area contributed by atoms with Crippen LogP contribution in [0.2, 0.25) is 0 Å². The third-order valence-electron chi connectivity index (χ3n) is 3.42. The van der Waals surface area contributed by atoms with Gasteiger partial charge in [-0.25, -0.2) is 4.98 Å². The number of piperazine rings is 1. The molecule has 1 aromatic heterocycles. The van der Waals surface area contributed by atoms with Crippen molar-refractivity contribution >= 4 is 5.82 Å². The number of likely N-dealkylation sites (N-methyl/N-ethyl adjacent to an activating group) is 1. The molecule has 1 saturated heterocycles. The van der Waals surface area contributed by atoms with E-state index in [1.807, 2.05) is 0 Å². The van der Waals surface area contributed by atoms with Crippen molar-refractivity contribution in [3.05, 3.63) is 23.9 Å². The average Bonchev–Trinajstić information content (AvgIpc) is 2.37. The zero-order chi connectivity index (χ0) is 13.9. The van der Waals surface area contributed by atoms with E-state index in [0.717, 1.165) is 44.2 Å². The molecule has 0 unspecified atom stereocenters. The summed E-state index contributed by atoms with van der Waals surface area (Å²) in [5.74, 6) is 1.11. The lowest BCUT2D eigenvalue weighted by molar-refractivity contribution is 0.312. The Morgan fingerprint density at radius 1 is 1.16 bits per heavy atom. The predicted octanol–water partition coefficient (Wildman–Crippen LogP) is 1.72. The van der Waals surface area contributed by atoms with Crippen LogP contribution in [0.5, 0.6) is 0 Å². The Hall–Kier alpha value is -1.13. The molecule has 2 heterocycles. The van der Waals surface area contributed by atoms with Gasteiger partial charge in [0.25, 0.3) is 0 Å². The summed E-state index contributed by atoms with van der Waals surface area (Å²) in [5, 5.41) is 3.49. The number of hydrogen-bond acceptors (Lipinski definition) is 4. The quantitative estimate of drug-likeness (QED) is 0.899. The van der Waals surface area contributed by atoms with E-state index in [9.17, 15) is 0 Å². The summed E-state index contributed by atoms with van der Waals surface area (Å²) >= 11 is 0. The van der Waals surface area contributed by atoms with E-state index in [-0.39, 0.29) is 5.54 Å². The number of aromatic nitrogens is 1. The molecule has 0 radical (unpaired) electrons. The Morgan fingerprint density at radius 3 is 2.47 bits per heavy atom. The molecule has 1 fully saturated rings. The van der Waals surface area contributed by atoms with E-state index >= 15 is 0 Å². The van der Waals surface area contributed by atoms with Crippen molar-refractivity contribution in [3.63, 3.8) is 0 Å². The molecule has 0 spiro atoms. The maximum atomic E-state index is 4.77. The minimum Gasteiger partial charge on any atom is -0.354 e. The molecule has 19 heavy (non-hydrogen) atoms. The highest BCUT2D eigenvalue weighted by molar-refractivity contribution is 5.39. The summed E-state index contributed by atoms with van der Waals surface area (Å²) in [6.45, 7) is 11.7. The van der Waals surface area contributed by atoms with Crippen molar-refractivity contribution in [1.29, 1.82) is 0 Å². The van der Waals surface area contributed by atoms with Gasteiger partial charge in [0, 0.05) is 38.3 Å². The standard InChI is InChI=1S/C15H26N4/c1-15(2,3)16-12-13-6-5-7-14(17-13)19-10-8-18(4)9-11-19/h5-7,16H,8-12H2,1-4H3. The Bertz CT molecular complexity index is 403. The van der Waals surface area contributed by atoms with Gasteiger partial charge in [0.05, 0.1) is 5.69 Å². The minimum atomic E-state index is 0.130. The van der Waals surface area contributed by atoms with Gasteiger partial charge in [-0.05, 0) is 40.0 Å². The molecule has 106 valence electrons. The lowest BCUT2D eigenvalue weighted by atomic mass is 10.1. The Labute approximate surface area is 116 Å². The Morgan fingerprint density at radius 2 is 1.84 bits per heavy atom. The number of anilines is 1. The summed E-state index contributed by atoms with van der Waals surface area (Å²) in [6, 6.07) is 6.32. The molecule has 1 aromatic rings. The van der Waals surface area contributed by atoms with Gasteiger partial charge in [0.1, 0.15) is 5.82 Å². The minimum absolute atomic E-state index is 0.130. The van der Waals surface area contributed by atoms with Crippen molar-refractivity contribution in [2.45, 2.75) is 32.9 Å². The zero-order valence-electron chi connectivity index (χ0n) is 12.6. The summed E-state index contributed by atoms with van der Waals surface area (Å²) < 4.78 is 0. The predicted molar refractivity (Wildman–Crippen MR) is 80.5 cm³/mol. The molecule has 2 rings (SSSR count). The van der Waals surface area contributed by atoms with Crippen molar-refractivity contribution in [2.75, 3.05) is 38.1 Å². The highest BCUT2D eigenvalue weighted by Gasteiger charge is 2.15. The summed E-state index contributed by atoms with van der Waals surface area (Å²) in [6.07, 6.45) is 0. The Kier molecular flexibility index (Phi) is 4.42. The van der Waals surface area contributed by atoms with Crippen LogP contribution in [0.25, 0.3) is 0 Å². The lowest BCUT2D eigenvalue weighted by Crippen LogP contribution is -2.45. The van der Waals surface area contributed by atoms with Crippen LogP contribution in [-0.2, 0) is 6.54 Å². The molecule has 0 aliphatic carbocycles. The highest BCUT2D eigenvalue weighted by atomic mass is 15.3. The molecule has 0 atom stereocenters. The van der Waals surface area contributed by atoms with Crippen molar-refractivity contribution in [3.8, 4) is 0 Å². The van der Waals surface area contributed by atoms with Gasteiger partial charge in [0.15, 0.2) is 0 Å². The normalized spacial score (nSPS) is 17.8. The van der Waals surface area contributed by atoms with E-state index in [4.69, 9.17) is 4.98 Å². The van der Waals surface area contributed by atoms with Crippen LogP contribution in [0.1, 0.15) is 26.5 Å². The SMILES string of the molecule is CN1CCN(c2cccc(CNC(C)(C)C)n2)CC1. The summed E-state index contributed by atoms with van der Waals surface area (Å²) in [7, 11) is 2.18. The lowest BCUT2D eigenvalue weighted by Gasteiger charge is -2.33. The number of nitrogens with one attached hydrogen (secondary N) is 1.